The first kappa shape index (κ1) is 26.0. The van der Waals surface area contributed by atoms with E-state index < -0.39 is 0 Å². The Hall–Kier alpha value is 0.0377. The van der Waals surface area contributed by atoms with Crippen LogP contribution < -0.4 is 9.47 Å². The topological polar surface area (TPSA) is 46.2 Å². The van der Waals surface area contributed by atoms with Crippen molar-refractivity contribution in [2.24, 2.45) is 0 Å². The Morgan fingerprint density at radius 3 is 2.00 bits per heavy atom. The molecule has 2 rings (SSSR count). The molecule has 0 fully saturated rings. The molecule has 1 heterocycles. The van der Waals surface area contributed by atoms with Gasteiger partial charge in [0.15, 0.2) is 11.5 Å². The molecule has 0 amide bonds. The molecule has 0 aromatic heterocycles. The average Bonchev–Trinajstić information content (AvgIpc) is 3.04. The van der Waals surface area contributed by atoms with Gasteiger partial charge in [0.25, 0.3) is 0 Å². The molecule has 0 saturated heterocycles. The van der Waals surface area contributed by atoms with Crippen molar-refractivity contribution in [3.05, 3.63) is 23.3 Å². The molecule has 0 unspecified atom stereocenters. The predicted molar refractivity (Wildman–Crippen MR) is 99.9 cm³/mol. The van der Waals surface area contributed by atoms with Crippen molar-refractivity contribution in [1.29, 1.82) is 0 Å². The van der Waals surface area contributed by atoms with Gasteiger partial charge in [0.05, 0.1) is 33.0 Å². The van der Waals surface area contributed by atoms with Crippen LogP contribution in [0, 0.1) is 0 Å². The summed E-state index contributed by atoms with van der Waals surface area (Å²) in [5.41, 5.74) is 2.44. The quantitative estimate of drug-likeness (QED) is 0.349. The first-order chi connectivity index (χ1) is 11.8. The van der Waals surface area contributed by atoms with Crippen LogP contribution >= 0.6 is 0 Å². The standard InChI is InChI=1S/C19H30O5.Li.Nb.H/c1-3-5-7-20-8-9-21-10-11-22-14-17-13-19-18(23-15-24-19)12-16(17)6-4-2;;;/h12-13H,3-11,14-15H2,1-2H3;;;. The van der Waals surface area contributed by atoms with E-state index in [0.29, 0.717) is 39.8 Å². The molecule has 1 aliphatic rings. The van der Waals surface area contributed by atoms with Gasteiger partial charge >= 0.3 is 18.9 Å². The largest absolute Gasteiger partial charge is 0 e. The summed E-state index contributed by atoms with van der Waals surface area (Å²) in [4.78, 5) is 0. The molecule has 1 aromatic carbocycles. The fraction of sp³-hybridized carbons (Fsp3) is 0.684. The van der Waals surface area contributed by atoms with E-state index in [4.69, 9.17) is 23.7 Å². The number of hydrogen-bond acceptors (Lipinski definition) is 5. The van der Waals surface area contributed by atoms with Crippen LogP contribution in [0.25, 0.3) is 0 Å². The van der Waals surface area contributed by atoms with Crippen LogP contribution in [0.15, 0.2) is 12.1 Å². The second-order valence-corrected chi connectivity index (χ2v) is 5.86. The summed E-state index contributed by atoms with van der Waals surface area (Å²) < 4.78 is 27.6. The van der Waals surface area contributed by atoms with E-state index in [2.05, 4.69) is 19.9 Å². The van der Waals surface area contributed by atoms with Gasteiger partial charge in [0, 0.05) is 29.0 Å². The van der Waals surface area contributed by atoms with Crippen LogP contribution in [0.1, 0.15) is 44.2 Å². The third-order valence-electron chi connectivity index (χ3n) is 3.86. The Labute approximate surface area is 185 Å². The van der Waals surface area contributed by atoms with E-state index in [9.17, 15) is 0 Å². The third kappa shape index (κ3) is 9.30. The van der Waals surface area contributed by atoms with Crippen LogP contribution in [-0.2, 0) is 49.6 Å². The molecule has 0 atom stereocenters. The first-order valence-corrected chi connectivity index (χ1v) is 8.99. The van der Waals surface area contributed by atoms with Gasteiger partial charge in [-0.05, 0) is 36.1 Å². The number of aryl methyl sites for hydroxylation is 1. The summed E-state index contributed by atoms with van der Waals surface area (Å²) in [5, 5.41) is 0. The van der Waals surface area contributed by atoms with E-state index in [0.717, 1.165) is 43.8 Å². The summed E-state index contributed by atoms with van der Waals surface area (Å²) in [5.74, 6) is 1.66. The average molecular weight is 439 g/mol. The zero-order valence-corrected chi connectivity index (χ0v) is 17.6. The van der Waals surface area contributed by atoms with Crippen LogP contribution in [0.5, 0.6) is 11.5 Å². The smallest absolute Gasteiger partial charge is 0 e. The molecule has 1 aromatic rings. The third-order valence-corrected chi connectivity index (χ3v) is 3.86. The number of rotatable bonds is 13. The molecule has 1 aliphatic heterocycles. The van der Waals surface area contributed by atoms with E-state index in [1.807, 2.05) is 6.07 Å². The Morgan fingerprint density at radius 1 is 0.808 bits per heavy atom. The molecule has 0 N–H and O–H groups in total. The summed E-state index contributed by atoms with van der Waals surface area (Å²) >= 11 is 0. The van der Waals surface area contributed by atoms with Gasteiger partial charge in [-0.2, -0.15) is 0 Å². The minimum atomic E-state index is 0. The normalized spacial score (nSPS) is 11.8. The van der Waals surface area contributed by atoms with Crippen molar-refractivity contribution in [1.82, 2.24) is 0 Å². The van der Waals surface area contributed by atoms with Crippen molar-refractivity contribution in [3.8, 4) is 11.5 Å². The van der Waals surface area contributed by atoms with Gasteiger partial charge < -0.3 is 23.7 Å². The monoisotopic (exact) mass is 439 g/mol. The maximum atomic E-state index is 5.75. The summed E-state index contributed by atoms with van der Waals surface area (Å²) in [6.07, 6.45) is 4.38. The Bertz CT molecular complexity index is 487. The number of benzene rings is 1. The molecular formula is C19H31LiNbO5. The van der Waals surface area contributed by atoms with Gasteiger partial charge in [-0.25, -0.2) is 0 Å². The van der Waals surface area contributed by atoms with E-state index in [1.165, 1.54) is 11.1 Å². The van der Waals surface area contributed by atoms with Gasteiger partial charge in [0.2, 0.25) is 6.79 Å². The van der Waals surface area contributed by atoms with Crippen molar-refractivity contribution in [2.45, 2.75) is 46.1 Å². The fourth-order valence-corrected chi connectivity index (χ4v) is 2.53. The zero-order chi connectivity index (χ0) is 17.0. The van der Waals surface area contributed by atoms with Gasteiger partial charge in [-0.1, -0.05) is 26.7 Å². The second-order valence-electron chi connectivity index (χ2n) is 5.86. The molecule has 0 spiro atoms. The molecule has 143 valence electrons. The maximum absolute atomic E-state index is 5.75. The summed E-state index contributed by atoms with van der Waals surface area (Å²) in [7, 11) is 0. The predicted octanol–water partition coefficient (Wildman–Crippen LogP) is 3.07. The molecule has 7 heteroatoms. The molecule has 26 heavy (non-hydrogen) atoms. The second kappa shape index (κ2) is 16.0. The van der Waals surface area contributed by atoms with Gasteiger partial charge in [0.1, 0.15) is 0 Å². The number of hydrogen-bond donors (Lipinski definition) is 0. The SMILES string of the molecule is CCCCOCCOCCOCc1cc2c(cc1CCC)OCO2.[LiH].[Nb]. The van der Waals surface area contributed by atoms with Crippen molar-refractivity contribution in [2.75, 3.05) is 39.8 Å². The first-order valence-electron chi connectivity index (χ1n) is 8.99. The number of fused-ring (bicyclic) bond motifs is 1. The van der Waals surface area contributed by atoms with E-state index >= 15 is 0 Å². The number of unbranched alkanes of at least 4 members (excludes halogenated alkanes) is 1. The van der Waals surface area contributed by atoms with Gasteiger partial charge in [-0.3, -0.25) is 0 Å². The van der Waals surface area contributed by atoms with E-state index in [-0.39, 0.29) is 41.2 Å². The van der Waals surface area contributed by atoms with Gasteiger partial charge in [-0.15, -0.1) is 0 Å². The van der Waals surface area contributed by atoms with Crippen LogP contribution in [-0.4, -0.2) is 58.7 Å². The molecular weight excluding hydrogens is 408 g/mol. The molecule has 5 nitrogen and oxygen atoms in total. The van der Waals surface area contributed by atoms with Crippen LogP contribution in [0.3, 0.4) is 0 Å². The van der Waals surface area contributed by atoms with Crippen LogP contribution in [0.2, 0.25) is 0 Å². The Morgan fingerprint density at radius 2 is 1.38 bits per heavy atom. The van der Waals surface area contributed by atoms with E-state index in [1.54, 1.807) is 0 Å². The Kier molecular flexibility index (Phi) is 16.1. The molecule has 0 bridgehead atoms. The molecule has 0 aliphatic carbocycles. The minimum absolute atomic E-state index is 0. The summed E-state index contributed by atoms with van der Waals surface area (Å²) in [6.45, 7) is 8.47. The summed E-state index contributed by atoms with van der Waals surface area (Å²) in [6, 6.07) is 4.12. The molecule has 0 saturated carbocycles. The van der Waals surface area contributed by atoms with Crippen molar-refractivity contribution < 1.29 is 46.1 Å². The maximum Gasteiger partial charge on any atom is 0 e. The number of ether oxygens (including phenoxy) is 5. The van der Waals surface area contributed by atoms with Crippen molar-refractivity contribution in [3.63, 3.8) is 0 Å². The van der Waals surface area contributed by atoms with Crippen LogP contribution in [0.4, 0.5) is 0 Å². The van der Waals surface area contributed by atoms with Crippen molar-refractivity contribution >= 4 is 18.9 Å². The Balaban J connectivity index is 0.00000312. The molecule has 1 radical (unpaired) electrons. The minimum Gasteiger partial charge on any atom is 0 e. The zero-order valence-electron chi connectivity index (χ0n) is 15.4. The fourth-order valence-electron chi connectivity index (χ4n) is 2.53.